The zero-order chi connectivity index (χ0) is 46.2. The maximum Gasteiger partial charge on any atom is 0.472 e. The van der Waals surface area contributed by atoms with Crippen LogP contribution in [0.2, 0.25) is 0 Å². The van der Waals surface area contributed by atoms with E-state index >= 15 is 0 Å². The van der Waals surface area contributed by atoms with Crippen molar-refractivity contribution in [3.63, 3.8) is 0 Å². The van der Waals surface area contributed by atoms with Gasteiger partial charge in [0, 0.05) is 13.0 Å². The molecular formula is C52H92NO9P. The van der Waals surface area contributed by atoms with Gasteiger partial charge in [0.1, 0.15) is 12.1 Å². The molecule has 0 saturated carbocycles. The number of esters is 1. The van der Waals surface area contributed by atoms with E-state index in [4.69, 9.17) is 29.4 Å². The smallest absolute Gasteiger partial charge is 0.472 e. The molecule has 0 rings (SSSR count). The van der Waals surface area contributed by atoms with Crippen molar-refractivity contribution in [2.75, 3.05) is 26.4 Å². The Labute approximate surface area is 384 Å². The molecule has 0 aliphatic rings. The quantitative estimate of drug-likeness (QED) is 0.0233. The van der Waals surface area contributed by atoms with Crippen LogP contribution in [0.25, 0.3) is 0 Å². The molecule has 0 aromatic heterocycles. The van der Waals surface area contributed by atoms with E-state index in [1.807, 2.05) is 0 Å². The van der Waals surface area contributed by atoms with Crippen LogP contribution in [0.4, 0.5) is 0 Å². The highest BCUT2D eigenvalue weighted by molar-refractivity contribution is 7.47. The summed E-state index contributed by atoms with van der Waals surface area (Å²) >= 11 is 0. The van der Waals surface area contributed by atoms with E-state index in [1.165, 1.54) is 96.3 Å². The first-order valence-corrected chi connectivity index (χ1v) is 26.5. The number of phosphoric ester groups is 1. The Balaban J connectivity index is 4.23. The summed E-state index contributed by atoms with van der Waals surface area (Å²) in [5.41, 5.74) is 5.37. The predicted molar refractivity (Wildman–Crippen MR) is 263 cm³/mol. The highest BCUT2D eigenvalue weighted by Gasteiger charge is 2.27. The lowest BCUT2D eigenvalue weighted by Crippen LogP contribution is -2.34. The van der Waals surface area contributed by atoms with Gasteiger partial charge in [0.25, 0.3) is 0 Å². The van der Waals surface area contributed by atoms with Crippen molar-refractivity contribution in [3.05, 3.63) is 72.9 Å². The van der Waals surface area contributed by atoms with Gasteiger partial charge in [-0.2, -0.15) is 0 Å². The Morgan fingerprint density at radius 3 is 1.38 bits per heavy atom. The Morgan fingerprint density at radius 1 is 0.524 bits per heavy atom. The molecule has 0 radical (unpaired) electrons. The molecule has 0 aromatic carbocycles. The van der Waals surface area contributed by atoms with Crippen LogP contribution in [-0.4, -0.2) is 60.5 Å². The van der Waals surface area contributed by atoms with Gasteiger partial charge in [0.15, 0.2) is 0 Å². The number of aliphatic carboxylic acids is 1. The van der Waals surface area contributed by atoms with E-state index in [0.29, 0.717) is 13.0 Å². The third-order valence-electron chi connectivity index (χ3n) is 10.5. The number of hydrogen-bond acceptors (Lipinski definition) is 8. The summed E-state index contributed by atoms with van der Waals surface area (Å²) in [5, 5.41) is 8.92. The van der Waals surface area contributed by atoms with Gasteiger partial charge in [-0.3, -0.25) is 18.6 Å². The lowest BCUT2D eigenvalue weighted by Gasteiger charge is -2.20. The van der Waals surface area contributed by atoms with Crippen molar-refractivity contribution in [1.29, 1.82) is 0 Å². The van der Waals surface area contributed by atoms with Crippen molar-refractivity contribution in [1.82, 2.24) is 0 Å². The molecule has 0 aliphatic carbocycles. The minimum absolute atomic E-state index is 0.00525. The molecule has 63 heavy (non-hydrogen) atoms. The van der Waals surface area contributed by atoms with Crippen LogP contribution in [0.3, 0.4) is 0 Å². The molecule has 0 aromatic rings. The van der Waals surface area contributed by atoms with E-state index in [1.54, 1.807) is 0 Å². The van der Waals surface area contributed by atoms with E-state index in [-0.39, 0.29) is 13.0 Å². The lowest BCUT2D eigenvalue weighted by atomic mass is 10.0. The topological polar surface area (TPSA) is 155 Å². The van der Waals surface area contributed by atoms with Gasteiger partial charge in [-0.05, 0) is 64.2 Å². The Kier molecular flexibility index (Phi) is 45.4. The van der Waals surface area contributed by atoms with Crippen molar-refractivity contribution < 1.29 is 42.7 Å². The van der Waals surface area contributed by atoms with Crippen LogP contribution in [0.15, 0.2) is 72.9 Å². The average Bonchev–Trinajstić information content (AvgIpc) is 3.26. The molecule has 0 spiro atoms. The Morgan fingerprint density at radius 2 is 0.921 bits per heavy atom. The van der Waals surface area contributed by atoms with Gasteiger partial charge in [0.05, 0.1) is 19.8 Å². The molecule has 0 heterocycles. The molecule has 0 amide bonds. The fraction of sp³-hybridized carbons (Fsp3) is 0.731. The minimum atomic E-state index is -4.63. The highest BCUT2D eigenvalue weighted by atomic mass is 31.2. The summed E-state index contributed by atoms with van der Waals surface area (Å²) in [6, 6.07) is -1.48. The maximum atomic E-state index is 12.7. The second-order valence-corrected chi connectivity index (χ2v) is 18.0. The predicted octanol–water partition coefficient (Wildman–Crippen LogP) is 14.5. The summed E-state index contributed by atoms with van der Waals surface area (Å²) in [4.78, 5) is 33.7. The number of carbonyl (C=O) groups excluding carboxylic acids is 1. The normalized spacial score (nSPS) is 14.3. The SMILES string of the molecule is CC/C=C\C/C=C\C/C=C\C/C=C\C/C=C\C/C=C\CCCCCCC(=O)OC(COCCCCCCCCCCCCCCCCCCCC)COP(=O)(O)OCC(N)C(=O)O. The van der Waals surface area contributed by atoms with Gasteiger partial charge in [-0.1, -0.05) is 209 Å². The molecule has 0 aliphatic heterocycles. The molecule has 3 atom stereocenters. The first-order valence-electron chi connectivity index (χ1n) is 25.0. The first-order chi connectivity index (χ1) is 30.7. The number of rotatable bonds is 47. The Bertz CT molecular complexity index is 1280. The highest BCUT2D eigenvalue weighted by Crippen LogP contribution is 2.43. The number of unbranched alkanes of at least 4 members (excludes halogenated alkanes) is 21. The van der Waals surface area contributed by atoms with Crippen molar-refractivity contribution >= 4 is 19.8 Å². The largest absolute Gasteiger partial charge is 0.480 e. The molecule has 0 fully saturated rings. The number of hydrogen-bond donors (Lipinski definition) is 3. The molecule has 3 unspecified atom stereocenters. The summed E-state index contributed by atoms with van der Waals surface area (Å²) in [6.45, 7) is 3.76. The standard InChI is InChI=1S/C52H92NO9P/c1-3-5-7-9-11-13-15-17-19-21-23-24-25-26-27-28-30-32-34-36-38-40-42-44-51(54)62-49(47-60-63(57,58)61-48-50(53)52(55)56)46-59-45-43-41-39-37-35-33-31-29-22-20-18-16-14-12-10-8-6-4-2/h5,7,11,13,17,19,23-24,26-27,30,32,49-50H,3-4,6,8-10,12,14-16,18,20-22,25,28-29,31,33-48,53H2,1-2H3,(H,55,56)(H,57,58)/b7-5-,13-11-,19-17-,24-23-,27-26-,32-30-. The molecule has 4 N–H and O–H groups in total. The zero-order valence-electron chi connectivity index (χ0n) is 39.9. The van der Waals surface area contributed by atoms with Crippen LogP contribution < -0.4 is 5.73 Å². The van der Waals surface area contributed by atoms with Crippen LogP contribution in [0.5, 0.6) is 0 Å². The summed E-state index contributed by atoms with van der Waals surface area (Å²) in [5.74, 6) is -1.80. The second-order valence-electron chi connectivity index (χ2n) is 16.6. The number of phosphoric acid groups is 1. The van der Waals surface area contributed by atoms with Crippen molar-refractivity contribution in [3.8, 4) is 0 Å². The number of carbonyl (C=O) groups is 2. The van der Waals surface area contributed by atoms with Gasteiger partial charge < -0.3 is 25.2 Å². The molecule has 364 valence electrons. The van der Waals surface area contributed by atoms with Gasteiger partial charge in [-0.15, -0.1) is 0 Å². The van der Waals surface area contributed by atoms with Gasteiger partial charge >= 0.3 is 19.8 Å². The number of allylic oxidation sites excluding steroid dienone is 12. The second kappa shape index (κ2) is 47.4. The maximum absolute atomic E-state index is 12.7. The van der Waals surface area contributed by atoms with Crippen LogP contribution >= 0.6 is 7.82 Å². The summed E-state index contributed by atoms with van der Waals surface area (Å²) < 4.78 is 33.5. The van der Waals surface area contributed by atoms with Crippen LogP contribution in [0.1, 0.15) is 206 Å². The lowest BCUT2D eigenvalue weighted by molar-refractivity contribution is -0.154. The minimum Gasteiger partial charge on any atom is -0.480 e. The summed E-state index contributed by atoms with van der Waals surface area (Å²) in [6.07, 6.45) is 59.5. The van der Waals surface area contributed by atoms with Crippen LogP contribution in [-0.2, 0) is 32.7 Å². The third-order valence-corrected chi connectivity index (χ3v) is 11.5. The fourth-order valence-electron chi connectivity index (χ4n) is 6.67. The number of ether oxygens (including phenoxy) is 2. The van der Waals surface area contributed by atoms with Crippen LogP contribution in [0, 0.1) is 0 Å². The average molecular weight is 906 g/mol. The zero-order valence-corrected chi connectivity index (χ0v) is 40.8. The van der Waals surface area contributed by atoms with E-state index < -0.39 is 45.1 Å². The Hall–Kier alpha value is -2.59. The van der Waals surface area contributed by atoms with E-state index in [2.05, 4.69) is 86.8 Å². The van der Waals surface area contributed by atoms with Crippen molar-refractivity contribution in [2.24, 2.45) is 5.73 Å². The van der Waals surface area contributed by atoms with E-state index in [0.717, 1.165) is 83.5 Å². The molecular weight excluding hydrogens is 814 g/mol. The number of nitrogens with two attached hydrogens (primary N) is 1. The third kappa shape index (κ3) is 47.2. The first kappa shape index (κ1) is 60.4. The van der Waals surface area contributed by atoms with Gasteiger partial charge in [-0.25, -0.2) is 4.57 Å². The molecule has 11 heteroatoms. The fourth-order valence-corrected chi connectivity index (χ4v) is 7.44. The molecule has 0 saturated heterocycles. The number of carboxylic acids is 1. The summed E-state index contributed by atoms with van der Waals surface area (Å²) in [7, 11) is -4.63. The van der Waals surface area contributed by atoms with Crippen molar-refractivity contribution in [2.45, 2.75) is 219 Å². The molecule has 0 bridgehead atoms. The van der Waals surface area contributed by atoms with E-state index in [9.17, 15) is 19.0 Å². The number of carboxylic acid groups (broad SMARTS) is 1. The van der Waals surface area contributed by atoms with Gasteiger partial charge in [0.2, 0.25) is 0 Å². The molecule has 10 nitrogen and oxygen atoms in total. The monoisotopic (exact) mass is 906 g/mol.